The van der Waals surface area contributed by atoms with Gasteiger partial charge in [0.1, 0.15) is 12.4 Å². The Kier molecular flexibility index (Phi) is 9.09. The predicted octanol–water partition coefficient (Wildman–Crippen LogP) is 5.56. The standard InChI is InChI=1S/C31H24Cl2N6O4S/c1-44(43,38-29(40)18-39-15-14-34-19-39)27-5-3-2-4-24(27)20-6-8-21(9-7-20)30(41)36-26-12-10-22(32)16-25(26)31(42)37-28-13-11-23(33)17-35-28/h2-17,19H,1,18H2,(H,36,41)(H,35,37,42)(H,38,40,43). The van der Waals surface area contributed by atoms with E-state index >= 15 is 0 Å². The number of nitrogens with one attached hydrogen (secondary N) is 3. The molecule has 0 aliphatic carbocycles. The molecule has 0 bridgehead atoms. The first-order chi connectivity index (χ1) is 21.1. The van der Waals surface area contributed by atoms with Crippen LogP contribution in [-0.4, -0.2) is 42.3 Å². The van der Waals surface area contributed by atoms with Crippen LogP contribution in [0.3, 0.4) is 0 Å². The Morgan fingerprint density at radius 2 is 1.64 bits per heavy atom. The van der Waals surface area contributed by atoms with Gasteiger partial charge >= 0.3 is 0 Å². The molecule has 3 amide bonds. The minimum Gasteiger partial charge on any atom is -0.328 e. The highest BCUT2D eigenvalue weighted by molar-refractivity contribution is 7.99. The number of carbonyl (C=O) groups excluding carboxylic acids is 3. The molecule has 0 saturated heterocycles. The lowest BCUT2D eigenvalue weighted by Gasteiger charge is -2.16. The Morgan fingerprint density at radius 3 is 2.34 bits per heavy atom. The predicted molar refractivity (Wildman–Crippen MR) is 172 cm³/mol. The number of benzene rings is 3. The third-order valence-corrected chi connectivity index (χ3v) is 8.39. The van der Waals surface area contributed by atoms with Gasteiger partial charge in [-0.05, 0) is 65.5 Å². The molecule has 0 saturated carbocycles. The zero-order valence-electron chi connectivity index (χ0n) is 22.9. The maximum absolute atomic E-state index is 13.6. The van der Waals surface area contributed by atoms with Gasteiger partial charge in [-0.1, -0.05) is 53.5 Å². The van der Waals surface area contributed by atoms with Crippen LogP contribution in [0.1, 0.15) is 20.7 Å². The number of carbonyl (C=O) groups is 3. The third-order valence-electron chi connectivity index (χ3n) is 6.31. The number of imidazole rings is 1. The number of amides is 3. The summed E-state index contributed by atoms with van der Waals surface area (Å²) in [5, 5.41) is 6.13. The summed E-state index contributed by atoms with van der Waals surface area (Å²) >= 11 is 12.0. The average molecular weight is 648 g/mol. The van der Waals surface area contributed by atoms with Gasteiger partial charge in [0, 0.05) is 29.2 Å². The van der Waals surface area contributed by atoms with E-state index in [-0.39, 0.29) is 23.6 Å². The zero-order valence-corrected chi connectivity index (χ0v) is 25.2. The van der Waals surface area contributed by atoms with Crippen LogP contribution in [0.25, 0.3) is 11.1 Å². The van der Waals surface area contributed by atoms with E-state index in [0.717, 1.165) is 0 Å². The van der Waals surface area contributed by atoms with Gasteiger partial charge in [0.2, 0.25) is 0 Å². The maximum Gasteiger partial charge on any atom is 0.258 e. The Morgan fingerprint density at radius 1 is 0.886 bits per heavy atom. The molecule has 3 aromatic carbocycles. The van der Waals surface area contributed by atoms with Crippen molar-refractivity contribution in [2.24, 2.45) is 0 Å². The largest absolute Gasteiger partial charge is 0.328 e. The smallest absolute Gasteiger partial charge is 0.258 e. The van der Waals surface area contributed by atoms with E-state index in [2.05, 4.69) is 31.2 Å². The second-order valence-electron chi connectivity index (χ2n) is 9.47. The first kappa shape index (κ1) is 30.5. The van der Waals surface area contributed by atoms with Crippen LogP contribution in [0.15, 0.2) is 109 Å². The molecular formula is C31H24Cl2N6O4S. The highest BCUT2D eigenvalue weighted by Crippen LogP contribution is 2.28. The molecular weight excluding hydrogens is 623 g/mol. The summed E-state index contributed by atoms with van der Waals surface area (Å²) in [5.41, 5.74) is 1.90. The van der Waals surface area contributed by atoms with Crippen molar-refractivity contribution in [2.75, 3.05) is 10.6 Å². The topological polar surface area (TPSA) is 135 Å². The fourth-order valence-corrected chi connectivity index (χ4v) is 5.92. The summed E-state index contributed by atoms with van der Waals surface area (Å²) in [6.07, 6.45) is 6.04. The van der Waals surface area contributed by atoms with Crippen LogP contribution in [-0.2, 0) is 21.0 Å². The van der Waals surface area contributed by atoms with Crippen molar-refractivity contribution in [1.29, 1.82) is 0 Å². The summed E-state index contributed by atoms with van der Waals surface area (Å²) in [6, 6.07) is 21.1. The average Bonchev–Trinajstić information content (AvgIpc) is 3.52. The van der Waals surface area contributed by atoms with Gasteiger partial charge in [-0.25, -0.2) is 14.2 Å². The molecule has 2 aromatic heterocycles. The van der Waals surface area contributed by atoms with E-state index < -0.39 is 27.4 Å². The van der Waals surface area contributed by atoms with Crippen LogP contribution in [0.4, 0.5) is 11.5 Å². The lowest BCUT2D eigenvalue weighted by atomic mass is 10.0. The number of pyridine rings is 1. The van der Waals surface area contributed by atoms with Crippen molar-refractivity contribution in [2.45, 2.75) is 11.4 Å². The summed E-state index contributed by atoms with van der Waals surface area (Å²) in [5.74, 6) is 2.59. The van der Waals surface area contributed by atoms with Crippen molar-refractivity contribution in [3.8, 4) is 11.1 Å². The summed E-state index contributed by atoms with van der Waals surface area (Å²) in [6.45, 7) is -0.0620. The second kappa shape index (κ2) is 13.1. The maximum atomic E-state index is 13.6. The molecule has 1 unspecified atom stereocenters. The molecule has 0 aliphatic heterocycles. The van der Waals surface area contributed by atoms with Crippen molar-refractivity contribution < 1.29 is 18.6 Å². The number of halogens is 2. The molecule has 10 nitrogen and oxygen atoms in total. The summed E-state index contributed by atoms with van der Waals surface area (Å²) in [4.78, 5) is 47.0. The molecule has 1 atom stereocenters. The van der Waals surface area contributed by atoms with Crippen molar-refractivity contribution >= 4 is 68.0 Å². The molecule has 2 heterocycles. The van der Waals surface area contributed by atoms with Gasteiger partial charge in [-0.3, -0.25) is 19.1 Å². The van der Waals surface area contributed by atoms with Crippen molar-refractivity contribution in [3.05, 3.63) is 125 Å². The normalized spacial score (nSPS) is 12.1. The highest BCUT2D eigenvalue weighted by Gasteiger charge is 2.19. The van der Waals surface area contributed by atoms with E-state index in [0.29, 0.717) is 31.6 Å². The van der Waals surface area contributed by atoms with Gasteiger partial charge in [0.05, 0.1) is 37.2 Å². The number of nitrogens with zero attached hydrogens (tertiary/aromatic N) is 3. The van der Waals surface area contributed by atoms with Crippen LogP contribution in [0.2, 0.25) is 10.0 Å². The monoisotopic (exact) mass is 646 g/mol. The first-order valence-corrected chi connectivity index (χ1v) is 15.4. The molecule has 44 heavy (non-hydrogen) atoms. The number of anilines is 2. The number of hydrogen-bond donors (Lipinski definition) is 3. The lowest BCUT2D eigenvalue weighted by molar-refractivity contribution is -0.119. The molecule has 5 rings (SSSR count). The zero-order chi connectivity index (χ0) is 31.3. The molecule has 0 aliphatic rings. The van der Waals surface area contributed by atoms with Crippen LogP contribution < -0.4 is 15.4 Å². The van der Waals surface area contributed by atoms with E-state index in [1.54, 1.807) is 83.7 Å². The minimum absolute atomic E-state index is 0.0620. The van der Waals surface area contributed by atoms with Gasteiger partial charge < -0.3 is 15.2 Å². The minimum atomic E-state index is -3.22. The first-order valence-electron chi connectivity index (χ1n) is 13.0. The quantitative estimate of drug-likeness (QED) is 0.179. The molecule has 222 valence electrons. The Labute approximate surface area is 263 Å². The van der Waals surface area contributed by atoms with E-state index in [4.69, 9.17) is 23.2 Å². The van der Waals surface area contributed by atoms with E-state index in [1.807, 2.05) is 0 Å². The fourth-order valence-electron chi connectivity index (χ4n) is 4.25. The van der Waals surface area contributed by atoms with E-state index in [9.17, 15) is 18.6 Å². The van der Waals surface area contributed by atoms with Crippen molar-refractivity contribution in [1.82, 2.24) is 19.3 Å². The molecule has 0 fully saturated rings. The molecule has 5 aromatic rings. The Balaban J connectivity index is 1.33. The molecule has 0 radical (unpaired) electrons. The van der Waals surface area contributed by atoms with E-state index in [1.165, 1.54) is 24.7 Å². The third kappa shape index (κ3) is 7.32. The summed E-state index contributed by atoms with van der Waals surface area (Å²) in [7, 11) is -3.22. The Hall–Kier alpha value is -4.97. The number of rotatable bonds is 9. The van der Waals surface area contributed by atoms with Crippen LogP contribution in [0, 0.1) is 0 Å². The molecule has 13 heteroatoms. The van der Waals surface area contributed by atoms with Gasteiger partial charge in [-0.2, -0.15) is 0 Å². The van der Waals surface area contributed by atoms with Crippen molar-refractivity contribution in [3.63, 3.8) is 0 Å². The van der Waals surface area contributed by atoms with Crippen LogP contribution in [0.5, 0.6) is 0 Å². The highest BCUT2D eigenvalue weighted by atomic mass is 35.5. The number of hydrogen-bond acceptors (Lipinski definition) is 6. The Bertz CT molecular complexity index is 1950. The summed E-state index contributed by atoms with van der Waals surface area (Å²) < 4.78 is 17.6. The SMILES string of the molecule is C=S(=O)(NC(=O)Cn1ccnc1)c1ccccc1-c1ccc(C(=O)Nc2ccc(Cl)cc2C(=O)Nc2ccc(Cl)cn2)cc1. The molecule has 3 N–H and O–H groups in total. The molecule has 0 spiro atoms. The fraction of sp³-hybridized carbons (Fsp3) is 0.0323. The van der Waals surface area contributed by atoms with Crippen LogP contribution >= 0.6 is 23.2 Å². The second-order valence-corrected chi connectivity index (χ2v) is 12.3. The van der Waals surface area contributed by atoms with Gasteiger partial charge in [-0.15, -0.1) is 0 Å². The number of aromatic nitrogens is 3. The van der Waals surface area contributed by atoms with Gasteiger partial charge in [0.25, 0.3) is 17.7 Å². The lowest BCUT2D eigenvalue weighted by Crippen LogP contribution is -2.33. The van der Waals surface area contributed by atoms with Gasteiger partial charge in [0.15, 0.2) is 0 Å².